The van der Waals surface area contributed by atoms with E-state index in [1.807, 2.05) is 18.3 Å². The van der Waals surface area contributed by atoms with Gasteiger partial charge >= 0.3 is 0 Å². The fourth-order valence-electron chi connectivity index (χ4n) is 2.41. The van der Waals surface area contributed by atoms with Crippen LogP contribution in [0.3, 0.4) is 0 Å². The van der Waals surface area contributed by atoms with E-state index in [0.29, 0.717) is 0 Å². The Hall–Kier alpha value is -1.67. The molecular formula is C15H15NO. The van der Waals surface area contributed by atoms with E-state index in [1.165, 1.54) is 11.1 Å². The van der Waals surface area contributed by atoms with E-state index in [0.717, 1.165) is 30.2 Å². The van der Waals surface area contributed by atoms with E-state index in [4.69, 9.17) is 0 Å². The quantitative estimate of drug-likeness (QED) is 0.808. The number of fused-ring (bicyclic) bond motifs is 1. The van der Waals surface area contributed by atoms with Crippen molar-refractivity contribution in [2.75, 3.05) is 0 Å². The fourth-order valence-corrected chi connectivity index (χ4v) is 2.41. The number of pyridine rings is 1. The van der Waals surface area contributed by atoms with Gasteiger partial charge in [-0.1, -0.05) is 24.3 Å². The molecule has 86 valence electrons. The SMILES string of the molecule is OC1C=C(c2ccc3cccnc3c2)CCC1. The van der Waals surface area contributed by atoms with E-state index in [2.05, 4.69) is 29.2 Å². The summed E-state index contributed by atoms with van der Waals surface area (Å²) in [4.78, 5) is 4.37. The second-order valence-electron chi connectivity index (χ2n) is 4.56. The number of benzene rings is 1. The van der Waals surface area contributed by atoms with Crippen molar-refractivity contribution in [2.45, 2.75) is 25.4 Å². The largest absolute Gasteiger partial charge is 0.389 e. The molecule has 1 atom stereocenters. The van der Waals surface area contributed by atoms with Gasteiger partial charge in [0.1, 0.15) is 0 Å². The molecule has 1 N–H and O–H groups in total. The van der Waals surface area contributed by atoms with Gasteiger partial charge in [-0.25, -0.2) is 0 Å². The van der Waals surface area contributed by atoms with Crippen LogP contribution >= 0.6 is 0 Å². The second kappa shape index (κ2) is 4.30. The van der Waals surface area contributed by atoms with Crippen LogP contribution in [0.15, 0.2) is 42.6 Å². The Bertz CT molecular complexity index is 574. The molecule has 0 amide bonds. The summed E-state index contributed by atoms with van der Waals surface area (Å²) in [6.45, 7) is 0. The summed E-state index contributed by atoms with van der Waals surface area (Å²) in [5, 5.41) is 10.8. The van der Waals surface area contributed by atoms with Crippen LogP contribution in [0.4, 0.5) is 0 Å². The third-order valence-electron chi connectivity index (χ3n) is 3.32. The summed E-state index contributed by atoms with van der Waals surface area (Å²) in [6.07, 6.45) is 6.51. The number of nitrogens with zero attached hydrogens (tertiary/aromatic N) is 1. The van der Waals surface area contributed by atoms with Crippen LogP contribution in [0, 0.1) is 0 Å². The lowest BCUT2D eigenvalue weighted by Gasteiger charge is -2.17. The summed E-state index contributed by atoms with van der Waals surface area (Å²) in [7, 11) is 0. The first-order valence-electron chi connectivity index (χ1n) is 6.07. The molecule has 2 nitrogen and oxygen atoms in total. The first kappa shape index (κ1) is 10.5. The fraction of sp³-hybridized carbons (Fsp3) is 0.267. The Kier molecular flexibility index (Phi) is 2.65. The Morgan fingerprint density at radius 1 is 1.24 bits per heavy atom. The van der Waals surface area contributed by atoms with Gasteiger partial charge in [-0.15, -0.1) is 0 Å². The molecule has 1 aliphatic rings. The van der Waals surface area contributed by atoms with E-state index >= 15 is 0 Å². The molecular weight excluding hydrogens is 210 g/mol. The molecule has 2 aromatic rings. The maximum absolute atomic E-state index is 9.66. The highest BCUT2D eigenvalue weighted by atomic mass is 16.3. The number of hydrogen-bond donors (Lipinski definition) is 1. The van der Waals surface area contributed by atoms with Crippen LogP contribution in [0.5, 0.6) is 0 Å². The van der Waals surface area contributed by atoms with Crippen LogP contribution in [0.25, 0.3) is 16.5 Å². The summed E-state index contributed by atoms with van der Waals surface area (Å²) in [5.74, 6) is 0. The topological polar surface area (TPSA) is 33.1 Å². The predicted octanol–water partition coefficient (Wildman–Crippen LogP) is 3.16. The molecule has 0 radical (unpaired) electrons. The minimum Gasteiger partial charge on any atom is -0.389 e. The molecule has 0 spiro atoms. The van der Waals surface area contributed by atoms with Crippen molar-refractivity contribution in [1.82, 2.24) is 4.98 Å². The highest BCUT2D eigenvalue weighted by molar-refractivity contribution is 5.83. The molecule has 1 unspecified atom stereocenters. The Balaban J connectivity index is 2.06. The van der Waals surface area contributed by atoms with Gasteiger partial charge < -0.3 is 5.11 Å². The zero-order valence-electron chi connectivity index (χ0n) is 9.63. The van der Waals surface area contributed by atoms with E-state index in [9.17, 15) is 5.11 Å². The Morgan fingerprint density at radius 2 is 2.18 bits per heavy atom. The molecule has 2 heteroatoms. The summed E-state index contributed by atoms with van der Waals surface area (Å²) in [6, 6.07) is 10.3. The molecule has 0 saturated carbocycles. The molecule has 3 rings (SSSR count). The third kappa shape index (κ3) is 2.08. The predicted molar refractivity (Wildman–Crippen MR) is 69.6 cm³/mol. The third-order valence-corrected chi connectivity index (χ3v) is 3.32. The Morgan fingerprint density at radius 3 is 3.06 bits per heavy atom. The van der Waals surface area contributed by atoms with Gasteiger partial charge in [-0.3, -0.25) is 4.98 Å². The van der Waals surface area contributed by atoms with Gasteiger partial charge in [-0.05, 0) is 42.5 Å². The average molecular weight is 225 g/mol. The van der Waals surface area contributed by atoms with Crippen LogP contribution in [-0.2, 0) is 0 Å². The minimum atomic E-state index is -0.279. The van der Waals surface area contributed by atoms with Crippen LogP contribution in [0.1, 0.15) is 24.8 Å². The zero-order chi connectivity index (χ0) is 11.7. The van der Waals surface area contributed by atoms with E-state index in [1.54, 1.807) is 0 Å². The molecule has 0 aliphatic heterocycles. The lowest BCUT2D eigenvalue weighted by atomic mass is 9.92. The zero-order valence-corrected chi connectivity index (χ0v) is 9.63. The number of aliphatic hydroxyl groups excluding tert-OH is 1. The molecule has 1 aromatic heterocycles. The van der Waals surface area contributed by atoms with E-state index in [-0.39, 0.29) is 6.10 Å². The second-order valence-corrected chi connectivity index (χ2v) is 4.56. The normalized spacial score (nSPS) is 20.3. The smallest absolute Gasteiger partial charge is 0.0726 e. The van der Waals surface area contributed by atoms with Crippen molar-refractivity contribution in [3.63, 3.8) is 0 Å². The van der Waals surface area contributed by atoms with Crippen molar-refractivity contribution in [3.8, 4) is 0 Å². The molecule has 0 fully saturated rings. The van der Waals surface area contributed by atoms with Crippen molar-refractivity contribution in [1.29, 1.82) is 0 Å². The number of hydrogen-bond acceptors (Lipinski definition) is 2. The first-order valence-corrected chi connectivity index (χ1v) is 6.07. The molecule has 0 saturated heterocycles. The minimum absolute atomic E-state index is 0.279. The molecule has 1 heterocycles. The molecule has 1 aromatic carbocycles. The summed E-state index contributed by atoms with van der Waals surface area (Å²) in [5.41, 5.74) is 3.46. The van der Waals surface area contributed by atoms with Gasteiger partial charge in [0.05, 0.1) is 11.6 Å². The van der Waals surface area contributed by atoms with Crippen molar-refractivity contribution in [2.24, 2.45) is 0 Å². The molecule has 0 bridgehead atoms. The van der Waals surface area contributed by atoms with Gasteiger partial charge in [0.2, 0.25) is 0 Å². The number of aliphatic hydroxyl groups is 1. The summed E-state index contributed by atoms with van der Waals surface area (Å²) < 4.78 is 0. The lowest BCUT2D eigenvalue weighted by Crippen LogP contribution is -2.08. The van der Waals surface area contributed by atoms with Crippen molar-refractivity contribution in [3.05, 3.63) is 48.2 Å². The summed E-state index contributed by atoms with van der Waals surface area (Å²) >= 11 is 0. The first-order chi connectivity index (χ1) is 8.33. The van der Waals surface area contributed by atoms with Crippen LogP contribution in [-0.4, -0.2) is 16.2 Å². The lowest BCUT2D eigenvalue weighted by molar-refractivity contribution is 0.206. The Labute approximate surface area is 101 Å². The van der Waals surface area contributed by atoms with Crippen LogP contribution < -0.4 is 0 Å². The maximum Gasteiger partial charge on any atom is 0.0726 e. The monoisotopic (exact) mass is 225 g/mol. The van der Waals surface area contributed by atoms with Gasteiger partial charge in [0.25, 0.3) is 0 Å². The standard InChI is InChI=1S/C15H15NO/c17-14-5-1-3-12(9-14)13-7-6-11-4-2-8-16-15(11)10-13/h2,4,6-10,14,17H,1,3,5H2. The van der Waals surface area contributed by atoms with E-state index < -0.39 is 0 Å². The molecule has 1 aliphatic carbocycles. The van der Waals surface area contributed by atoms with Gasteiger partial charge in [0.15, 0.2) is 0 Å². The van der Waals surface area contributed by atoms with Crippen molar-refractivity contribution < 1.29 is 5.11 Å². The number of rotatable bonds is 1. The van der Waals surface area contributed by atoms with Crippen LogP contribution in [0.2, 0.25) is 0 Å². The average Bonchev–Trinajstić information content (AvgIpc) is 2.38. The van der Waals surface area contributed by atoms with Crippen molar-refractivity contribution >= 4 is 16.5 Å². The highest BCUT2D eigenvalue weighted by Gasteiger charge is 2.12. The van der Waals surface area contributed by atoms with Gasteiger partial charge in [-0.2, -0.15) is 0 Å². The number of allylic oxidation sites excluding steroid dienone is 1. The highest BCUT2D eigenvalue weighted by Crippen LogP contribution is 2.28. The van der Waals surface area contributed by atoms with Gasteiger partial charge in [0, 0.05) is 11.6 Å². The molecule has 17 heavy (non-hydrogen) atoms. The maximum atomic E-state index is 9.66. The number of aromatic nitrogens is 1.